The number of methoxy groups -OCH3 is 1. The van der Waals surface area contributed by atoms with Crippen LogP contribution in [0.2, 0.25) is 0 Å². The van der Waals surface area contributed by atoms with Crippen LogP contribution in [-0.4, -0.2) is 19.6 Å². The lowest BCUT2D eigenvalue weighted by Gasteiger charge is -2.21. The lowest BCUT2D eigenvalue weighted by Crippen LogP contribution is -2.27. The Morgan fingerprint density at radius 3 is 2.65 bits per heavy atom. The van der Waals surface area contributed by atoms with Gasteiger partial charge in [-0.05, 0) is 18.2 Å². The van der Waals surface area contributed by atoms with Crippen LogP contribution in [0.5, 0.6) is 5.75 Å². The van der Waals surface area contributed by atoms with Gasteiger partial charge in [-0.15, -0.1) is 12.3 Å². The maximum Gasteiger partial charge on any atom is 0.418 e. The van der Waals surface area contributed by atoms with Gasteiger partial charge in [0.05, 0.1) is 18.4 Å². The van der Waals surface area contributed by atoms with E-state index in [-0.39, 0.29) is 30.3 Å². The van der Waals surface area contributed by atoms with Crippen molar-refractivity contribution in [1.29, 1.82) is 0 Å². The minimum Gasteiger partial charge on any atom is -0.497 e. The molecule has 1 amide bonds. The molecule has 1 aliphatic rings. The molecule has 2 rings (SSSR count). The Labute approximate surface area is 114 Å². The molecule has 0 bridgehead atoms. The number of terminal acetylenes is 1. The fourth-order valence-electron chi connectivity index (χ4n) is 2.16. The first-order chi connectivity index (χ1) is 9.36. The summed E-state index contributed by atoms with van der Waals surface area (Å²) < 4.78 is 44.1. The number of rotatable bonds is 2. The van der Waals surface area contributed by atoms with Crippen molar-refractivity contribution in [2.24, 2.45) is 5.92 Å². The predicted molar refractivity (Wildman–Crippen MR) is 67.3 cm³/mol. The minimum atomic E-state index is -4.57. The monoisotopic (exact) mass is 283 g/mol. The second-order valence-electron chi connectivity index (χ2n) is 4.45. The lowest BCUT2D eigenvalue weighted by molar-refractivity contribution is -0.137. The van der Waals surface area contributed by atoms with Crippen molar-refractivity contribution in [3.8, 4) is 18.1 Å². The summed E-state index contributed by atoms with van der Waals surface area (Å²) in [6.45, 7) is 0.102. The molecule has 1 aromatic rings. The van der Waals surface area contributed by atoms with Gasteiger partial charge in [0.15, 0.2) is 0 Å². The van der Waals surface area contributed by atoms with Crippen LogP contribution in [0.15, 0.2) is 18.2 Å². The lowest BCUT2D eigenvalue weighted by atomic mass is 10.1. The van der Waals surface area contributed by atoms with Gasteiger partial charge in [-0.25, -0.2) is 0 Å². The zero-order valence-electron chi connectivity index (χ0n) is 10.7. The maximum atomic E-state index is 13.1. The van der Waals surface area contributed by atoms with Crippen molar-refractivity contribution < 1.29 is 22.7 Å². The Morgan fingerprint density at radius 1 is 1.45 bits per heavy atom. The number of hydrogen-bond donors (Lipinski definition) is 0. The SMILES string of the molecule is C#CC1CC(=O)N(c2ccc(OC)cc2C(F)(F)F)C1. The molecule has 20 heavy (non-hydrogen) atoms. The molecular formula is C14H12F3NO2. The van der Waals surface area contributed by atoms with Crippen molar-refractivity contribution in [3.63, 3.8) is 0 Å². The molecule has 0 saturated carbocycles. The van der Waals surface area contributed by atoms with Gasteiger partial charge in [-0.2, -0.15) is 13.2 Å². The summed E-state index contributed by atoms with van der Waals surface area (Å²) in [7, 11) is 1.28. The Kier molecular flexibility index (Phi) is 3.62. The second kappa shape index (κ2) is 5.08. The van der Waals surface area contributed by atoms with E-state index in [0.29, 0.717) is 0 Å². The van der Waals surface area contributed by atoms with Gasteiger partial charge >= 0.3 is 6.18 Å². The van der Waals surface area contributed by atoms with Gasteiger partial charge in [-0.1, -0.05) is 0 Å². The number of carbonyl (C=O) groups excluding carboxylic acids is 1. The highest BCUT2D eigenvalue weighted by Crippen LogP contribution is 2.40. The molecule has 0 aliphatic carbocycles. The third kappa shape index (κ3) is 2.57. The number of anilines is 1. The van der Waals surface area contributed by atoms with Crippen LogP contribution in [0.1, 0.15) is 12.0 Å². The van der Waals surface area contributed by atoms with E-state index in [1.54, 1.807) is 0 Å². The third-order valence-electron chi connectivity index (χ3n) is 3.16. The minimum absolute atomic E-state index is 0.0693. The quantitative estimate of drug-likeness (QED) is 0.781. The van der Waals surface area contributed by atoms with Gasteiger partial charge in [-0.3, -0.25) is 4.79 Å². The van der Waals surface area contributed by atoms with E-state index in [2.05, 4.69) is 5.92 Å². The molecule has 1 saturated heterocycles. The molecule has 1 aliphatic heterocycles. The average Bonchev–Trinajstić information content (AvgIpc) is 2.78. The summed E-state index contributed by atoms with van der Waals surface area (Å²) in [6, 6.07) is 3.51. The fraction of sp³-hybridized carbons (Fsp3) is 0.357. The van der Waals surface area contributed by atoms with E-state index in [0.717, 1.165) is 11.0 Å². The van der Waals surface area contributed by atoms with Gasteiger partial charge in [0.1, 0.15) is 5.75 Å². The van der Waals surface area contributed by atoms with Crippen LogP contribution in [0.3, 0.4) is 0 Å². The van der Waals surface area contributed by atoms with E-state index in [9.17, 15) is 18.0 Å². The number of carbonyl (C=O) groups is 1. The van der Waals surface area contributed by atoms with Crippen LogP contribution in [-0.2, 0) is 11.0 Å². The Morgan fingerprint density at radius 2 is 2.15 bits per heavy atom. The molecule has 1 fully saturated rings. The van der Waals surface area contributed by atoms with Gasteiger partial charge in [0.2, 0.25) is 5.91 Å². The number of halogens is 3. The topological polar surface area (TPSA) is 29.5 Å². The summed E-state index contributed by atoms with van der Waals surface area (Å²) in [4.78, 5) is 12.9. The number of hydrogen-bond acceptors (Lipinski definition) is 2. The van der Waals surface area contributed by atoms with Crippen LogP contribution >= 0.6 is 0 Å². The molecule has 0 spiro atoms. The number of ether oxygens (including phenoxy) is 1. The number of nitrogens with zero attached hydrogens (tertiary/aromatic N) is 1. The standard InChI is InChI=1S/C14H12F3NO2/c1-3-9-6-13(19)18(8-9)12-5-4-10(20-2)7-11(12)14(15,16)17/h1,4-5,7,9H,6,8H2,2H3. The van der Waals surface area contributed by atoms with E-state index < -0.39 is 17.6 Å². The first kappa shape index (κ1) is 14.3. The highest BCUT2D eigenvalue weighted by molar-refractivity contribution is 5.97. The highest BCUT2D eigenvalue weighted by Gasteiger charge is 2.39. The molecule has 6 heteroatoms. The molecule has 0 N–H and O–H groups in total. The molecular weight excluding hydrogens is 271 g/mol. The average molecular weight is 283 g/mol. The van der Waals surface area contributed by atoms with E-state index in [1.807, 2.05) is 0 Å². The van der Waals surface area contributed by atoms with Gasteiger partial charge in [0.25, 0.3) is 0 Å². The zero-order valence-corrected chi connectivity index (χ0v) is 10.7. The van der Waals surface area contributed by atoms with Crippen molar-refractivity contribution in [1.82, 2.24) is 0 Å². The van der Waals surface area contributed by atoms with E-state index in [4.69, 9.17) is 11.2 Å². The summed E-state index contributed by atoms with van der Waals surface area (Å²) in [5, 5.41) is 0. The molecule has 3 nitrogen and oxygen atoms in total. The van der Waals surface area contributed by atoms with Gasteiger partial charge < -0.3 is 9.64 Å². The maximum absolute atomic E-state index is 13.1. The molecule has 0 aromatic heterocycles. The Bertz CT molecular complexity index is 575. The molecule has 1 aromatic carbocycles. The first-order valence-corrected chi connectivity index (χ1v) is 5.88. The largest absolute Gasteiger partial charge is 0.497 e. The van der Waals surface area contributed by atoms with Crippen LogP contribution < -0.4 is 9.64 Å². The number of benzene rings is 1. The van der Waals surface area contributed by atoms with Crippen molar-refractivity contribution in [2.45, 2.75) is 12.6 Å². The highest BCUT2D eigenvalue weighted by atomic mass is 19.4. The Balaban J connectivity index is 2.47. The third-order valence-corrected chi connectivity index (χ3v) is 3.16. The van der Waals surface area contributed by atoms with E-state index in [1.165, 1.54) is 19.2 Å². The van der Waals surface area contributed by atoms with Crippen molar-refractivity contribution >= 4 is 11.6 Å². The normalized spacial score (nSPS) is 19.1. The zero-order chi connectivity index (χ0) is 14.9. The molecule has 0 radical (unpaired) electrons. The molecule has 1 heterocycles. The summed E-state index contributed by atoms with van der Waals surface area (Å²) in [5.41, 5.74) is -1.08. The fourth-order valence-corrected chi connectivity index (χ4v) is 2.16. The summed E-state index contributed by atoms with van der Waals surface area (Å²) >= 11 is 0. The molecule has 1 atom stereocenters. The van der Waals surface area contributed by atoms with Crippen molar-refractivity contribution in [2.75, 3.05) is 18.6 Å². The number of alkyl halides is 3. The number of amides is 1. The summed E-state index contributed by atoms with van der Waals surface area (Å²) in [6.07, 6.45) is 0.733. The van der Waals surface area contributed by atoms with Crippen LogP contribution in [0.25, 0.3) is 0 Å². The predicted octanol–water partition coefficient (Wildman–Crippen LogP) is 2.70. The van der Waals surface area contributed by atoms with Crippen molar-refractivity contribution in [3.05, 3.63) is 23.8 Å². The van der Waals surface area contributed by atoms with Crippen LogP contribution in [0, 0.1) is 18.3 Å². The van der Waals surface area contributed by atoms with E-state index >= 15 is 0 Å². The van der Waals surface area contributed by atoms with Gasteiger partial charge in [0, 0.05) is 18.9 Å². The Hall–Kier alpha value is -2.16. The second-order valence-corrected chi connectivity index (χ2v) is 4.45. The molecule has 106 valence electrons. The smallest absolute Gasteiger partial charge is 0.418 e. The summed E-state index contributed by atoms with van der Waals surface area (Å²) in [5.74, 6) is 1.74. The van der Waals surface area contributed by atoms with Crippen LogP contribution in [0.4, 0.5) is 18.9 Å². The first-order valence-electron chi connectivity index (χ1n) is 5.88. The molecule has 1 unspecified atom stereocenters.